The largest absolute Gasteiger partial charge is 0.507 e. The first-order chi connectivity index (χ1) is 7.54. The molecule has 0 unspecified atom stereocenters. The Kier molecular flexibility index (Phi) is 3.96. The molecule has 1 rings (SSSR count). The number of aromatic hydroxyl groups is 1. The van der Waals surface area contributed by atoms with Crippen molar-refractivity contribution in [3.8, 4) is 11.5 Å². The molecule has 0 spiro atoms. The van der Waals surface area contributed by atoms with Crippen LogP contribution < -0.4 is 16.2 Å². The van der Waals surface area contributed by atoms with Gasteiger partial charge < -0.3 is 21.3 Å². The third kappa shape index (κ3) is 3.03. The fraction of sp³-hybridized carbons (Fsp3) is 0.111. The molecular formula is C9H11ClN4O2. The van der Waals surface area contributed by atoms with E-state index in [-0.39, 0.29) is 11.7 Å². The van der Waals surface area contributed by atoms with E-state index in [4.69, 9.17) is 27.8 Å². The first kappa shape index (κ1) is 12.1. The molecule has 0 heterocycles. The van der Waals surface area contributed by atoms with E-state index in [1.54, 1.807) is 0 Å². The highest BCUT2D eigenvalue weighted by Gasteiger charge is 2.06. The van der Waals surface area contributed by atoms with Crippen molar-refractivity contribution in [1.29, 1.82) is 0 Å². The number of rotatable bonds is 3. The van der Waals surface area contributed by atoms with Gasteiger partial charge in [0.2, 0.25) is 5.96 Å². The summed E-state index contributed by atoms with van der Waals surface area (Å²) in [7, 11) is 1.45. The first-order valence-corrected chi connectivity index (χ1v) is 4.61. The molecule has 1 aromatic rings. The monoisotopic (exact) mass is 242 g/mol. The van der Waals surface area contributed by atoms with Gasteiger partial charge in [0.25, 0.3) is 0 Å². The van der Waals surface area contributed by atoms with Gasteiger partial charge in [-0.15, -0.1) is 5.10 Å². The van der Waals surface area contributed by atoms with Gasteiger partial charge >= 0.3 is 0 Å². The van der Waals surface area contributed by atoms with Crippen LogP contribution in [-0.4, -0.2) is 24.4 Å². The van der Waals surface area contributed by atoms with Crippen molar-refractivity contribution >= 4 is 23.8 Å². The van der Waals surface area contributed by atoms with Crippen LogP contribution in [0.4, 0.5) is 0 Å². The summed E-state index contributed by atoms with van der Waals surface area (Å²) in [5, 5.41) is 16.9. The van der Waals surface area contributed by atoms with Crippen molar-refractivity contribution in [2.45, 2.75) is 0 Å². The number of phenolic OH excluding ortho intramolecular Hbond substituents is 1. The zero-order valence-corrected chi connectivity index (χ0v) is 9.27. The van der Waals surface area contributed by atoms with Crippen LogP contribution in [0.5, 0.6) is 11.5 Å². The van der Waals surface area contributed by atoms with Crippen LogP contribution in [0.15, 0.2) is 22.3 Å². The number of ether oxygens (including phenoxy) is 1. The molecule has 86 valence electrons. The van der Waals surface area contributed by atoms with Gasteiger partial charge in [-0.3, -0.25) is 0 Å². The molecule has 0 aliphatic rings. The molecule has 0 aromatic heterocycles. The number of halogens is 1. The highest BCUT2D eigenvalue weighted by atomic mass is 35.5. The minimum absolute atomic E-state index is 0.0317. The molecule has 5 N–H and O–H groups in total. The Morgan fingerprint density at radius 2 is 2.19 bits per heavy atom. The molecule has 6 nitrogen and oxygen atoms in total. The third-order valence-corrected chi connectivity index (χ3v) is 1.97. The van der Waals surface area contributed by atoms with E-state index in [2.05, 4.69) is 10.2 Å². The molecule has 0 atom stereocenters. The minimum atomic E-state index is -0.171. The quantitative estimate of drug-likeness (QED) is 0.411. The Bertz CT molecular complexity index is 441. The predicted molar refractivity (Wildman–Crippen MR) is 63.1 cm³/mol. The maximum atomic E-state index is 9.57. The van der Waals surface area contributed by atoms with Crippen molar-refractivity contribution in [2.24, 2.45) is 21.7 Å². The van der Waals surface area contributed by atoms with Crippen LogP contribution in [0.2, 0.25) is 5.02 Å². The highest BCUT2D eigenvalue weighted by molar-refractivity contribution is 6.32. The van der Waals surface area contributed by atoms with Gasteiger partial charge in [-0.2, -0.15) is 5.10 Å². The summed E-state index contributed by atoms with van der Waals surface area (Å²) in [5.74, 6) is 0.171. The van der Waals surface area contributed by atoms with E-state index in [1.807, 2.05) is 0 Å². The van der Waals surface area contributed by atoms with E-state index in [0.717, 1.165) is 0 Å². The van der Waals surface area contributed by atoms with Crippen LogP contribution >= 0.6 is 11.6 Å². The zero-order valence-electron chi connectivity index (χ0n) is 8.51. The number of methoxy groups -OCH3 is 1. The summed E-state index contributed by atoms with van der Waals surface area (Å²) in [4.78, 5) is 0. The minimum Gasteiger partial charge on any atom is -0.507 e. The summed E-state index contributed by atoms with van der Waals surface area (Å²) < 4.78 is 4.92. The van der Waals surface area contributed by atoms with E-state index in [0.29, 0.717) is 16.3 Å². The van der Waals surface area contributed by atoms with Gasteiger partial charge in [0.15, 0.2) is 0 Å². The van der Waals surface area contributed by atoms with Crippen LogP contribution in [0.1, 0.15) is 5.56 Å². The Labute approximate surface area is 97.2 Å². The van der Waals surface area contributed by atoms with E-state index in [9.17, 15) is 5.11 Å². The van der Waals surface area contributed by atoms with E-state index >= 15 is 0 Å². The number of guanidine groups is 1. The number of phenols is 1. The second-order valence-electron chi connectivity index (χ2n) is 2.82. The van der Waals surface area contributed by atoms with Gasteiger partial charge in [-0.1, -0.05) is 11.6 Å². The number of hydrogen-bond acceptors (Lipinski definition) is 4. The maximum Gasteiger partial charge on any atom is 0.211 e. The molecule has 0 bridgehead atoms. The van der Waals surface area contributed by atoms with Crippen molar-refractivity contribution < 1.29 is 9.84 Å². The fourth-order valence-corrected chi connectivity index (χ4v) is 1.22. The Morgan fingerprint density at radius 3 is 2.75 bits per heavy atom. The number of hydrogen-bond donors (Lipinski definition) is 3. The predicted octanol–water partition coefficient (Wildman–Crippen LogP) is 0.661. The SMILES string of the molecule is COc1cc(O)c(C=NN=C(N)N)cc1Cl. The molecular weight excluding hydrogens is 232 g/mol. The van der Waals surface area contributed by atoms with Gasteiger partial charge in [0.1, 0.15) is 11.5 Å². The standard InChI is InChI=1S/C9H11ClN4O2/c1-16-8-3-7(15)5(2-6(8)10)4-13-14-9(11)12/h2-4,15H,1H3,(H4,11,12,14). The molecule has 7 heteroatoms. The molecule has 0 saturated heterocycles. The van der Waals surface area contributed by atoms with Crippen LogP contribution in [-0.2, 0) is 0 Å². The van der Waals surface area contributed by atoms with Gasteiger partial charge in [0, 0.05) is 11.6 Å². The molecule has 0 fully saturated rings. The van der Waals surface area contributed by atoms with Crippen molar-refractivity contribution in [3.05, 3.63) is 22.7 Å². The van der Waals surface area contributed by atoms with Gasteiger partial charge in [-0.25, -0.2) is 0 Å². The molecule has 0 aliphatic heterocycles. The lowest BCUT2D eigenvalue weighted by Gasteiger charge is -2.05. The number of nitrogens with zero attached hydrogens (tertiary/aromatic N) is 2. The third-order valence-electron chi connectivity index (χ3n) is 1.67. The molecule has 0 amide bonds. The summed E-state index contributed by atoms with van der Waals surface area (Å²) >= 11 is 5.86. The summed E-state index contributed by atoms with van der Waals surface area (Å²) in [6, 6.07) is 2.86. The normalized spacial score (nSPS) is 10.4. The average Bonchev–Trinajstić information content (AvgIpc) is 2.22. The molecule has 0 aliphatic carbocycles. The van der Waals surface area contributed by atoms with Crippen molar-refractivity contribution in [3.63, 3.8) is 0 Å². The smallest absolute Gasteiger partial charge is 0.211 e. The lowest BCUT2D eigenvalue weighted by Crippen LogP contribution is -2.21. The summed E-state index contributed by atoms with van der Waals surface area (Å²) in [6.45, 7) is 0. The Hall–Kier alpha value is -1.95. The lowest BCUT2D eigenvalue weighted by molar-refractivity contribution is 0.408. The first-order valence-electron chi connectivity index (χ1n) is 4.23. The Morgan fingerprint density at radius 1 is 1.50 bits per heavy atom. The highest BCUT2D eigenvalue weighted by Crippen LogP contribution is 2.30. The molecule has 0 saturated carbocycles. The molecule has 0 radical (unpaired) electrons. The van der Waals surface area contributed by atoms with E-state index in [1.165, 1.54) is 25.5 Å². The van der Waals surface area contributed by atoms with Crippen LogP contribution in [0.3, 0.4) is 0 Å². The maximum absolute atomic E-state index is 9.57. The van der Waals surface area contributed by atoms with Gasteiger partial charge in [0.05, 0.1) is 18.3 Å². The van der Waals surface area contributed by atoms with Crippen LogP contribution in [0, 0.1) is 0 Å². The van der Waals surface area contributed by atoms with Crippen molar-refractivity contribution in [1.82, 2.24) is 0 Å². The second kappa shape index (κ2) is 5.22. The molecule has 1 aromatic carbocycles. The molecule has 16 heavy (non-hydrogen) atoms. The Balaban J connectivity index is 3.02. The van der Waals surface area contributed by atoms with E-state index < -0.39 is 0 Å². The number of nitrogens with two attached hydrogens (primary N) is 2. The summed E-state index contributed by atoms with van der Waals surface area (Å²) in [5.41, 5.74) is 10.5. The zero-order chi connectivity index (χ0) is 12.1. The van der Waals surface area contributed by atoms with Gasteiger partial charge in [-0.05, 0) is 6.07 Å². The fourth-order valence-electron chi connectivity index (χ4n) is 0.976. The number of benzene rings is 1. The topological polar surface area (TPSA) is 106 Å². The average molecular weight is 243 g/mol. The van der Waals surface area contributed by atoms with Crippen molar-refractivity contribution in [2.75, 3.05) is 7.11 Å². The lowest BCUT2D eigenvalue weighted by atomic mass is 10.2. The second-order valence-corrected chi connectivity index (χ2v) is 3.22. The summed E-state index contributed by atoms with van der Waals surface area (Å²) in [6.07, 6.45) is 1.28. The van der Waals surface area contributed by atoms with Crippen LogP contribution in [0.25, 0.3) is 0 Å².